The lowest BCUT2D eigenvalue weighted by Gasteiger charge is -2.08. The average molecular weight is 422 g/mol. The van der Waals surface area contributed by atoms with E-state index < -0.39 is 0 Å². The third kappa shape index (κ3) is 4.23. The molecule has 0 unspecified atom stereocenters. The maximum atomic E-state index is 6.11. The van der Waals surface area contributed by atoms with Gasteiger partial charge in [-0.3, -0.25) is 4.98 Å². The van der Waals surface area contributed by atoms with Gasteiger partial charge in [-0.15, -0.1) is 0 Å². The van der Waals surface area contributed by atoms with Crippen LogP contribution in [0.4, 0.5) is 0 Å². The summed E-state index contributed by atoms with van der Waals surface area (Å²) in [5.74, 6) is 0.878. The van der Waals surface area contributed by atoms with E-state index in [0.29, 0.717) is 13.2 Å². The minimum Gasteiger partial charge on any atom is -0.489 e. The number of pyridine rings is 1. The quantitative estimate of drug-likeness (QED) is 0.291. The molecule has 2 aromatic heterocycles. The Balaban J connectivity index is 1.53. The first-order chi connectivity index (χ1) is 15.8. The van der Waals surface area contributed by atoms with Crippen LogP contribution in [0.3, 0.4) is 0 Å². The molecule has 0 aliphatic rings. The number of benzene rings is 3. The lowest BCUT2D eigenvalue weighted by molar-refractivity contribution is 0.306. The summed E-state index contributed by atoms with van der Waals surface area (Å²) in [7, 11) is 0. The van der Waals surface area contributed by atoms with Gasteiger partial charge in [0.2, 0.25) is 0 Å². The van der Waals surface area contributed by atoms with E-state index in [4.69, 9.17) is 10.5 Å². The molecule has 32 heavy (non-hydrogen) atoms. The molecule has 5 rings (SSSR count). The summed E-state index contributed by atoms with van der Waals surface area (Å²) < 4.78 is 6.11. The maximum Gasteiger partial charge on any atom is 0.120 e. The molecule has 160 valence electrons. The van der Waals surface area contributed by atoms with Crippen LogP contribution in [0.15, 0.2) is 85.1 Å². The number of rotatable bonds is 8. The van der Waals surface area contributed by atoms with Gasteiger partial charge in [-0.1, -0.05) is 48.5 Å². The maximum absolute atomic E-state index is 6.11. The minimum atomic E-state index is 0.556. The summed E-state index contributed by atoms with van der Waals surface area (Å²) in [6.45, 7) is 1.27. The number of para-hydroxylation sites is 1. The van der Waals surface area contributed by atoms with Crippen molar-refractivity contribution in [1.82, 2.24) is 9.97 Å². The molecule has 0 saturated carbocycles. The van der Waals surface area contributed by atoms with E-state index in [2.05, 4.69) is 52.4 Å². The van der Waals surface area contributed by atoms with Crippen LogP contribution in [0.5, 0.6) is 5.75 Å². The smallest absolute Gasteiger partial charge is 0.120 e. The summed E-state index contributed by atoms with van der Waals surface area (Å²) in [5.41, 5.74) is 12.6. The van der Waals surface area contributed by atoms with Gasteiger partial charge in [-0.2, -0.15) is 0 Å². The lowest BCUT2D eigenvalue weighted by Crippen LogP contribution is -1.99. The molecule has 4 nitrogen and oxygen atoms in total. The van der Waals surface area contributed by atoms with Gasteiger partial charge in [0, 0.05) is 28.0 Å². The molecule has 0 aliphatic heterocycles. The van der Waals surface area contributed by atoms with Crippen LogP contribution in [-0.2, 0) is 13.0 Å². The van der Waals surface area contributed by atoms with E-state index in [-0.39, 0.29) is 0 Å². The standard InChI is InChI=1S/C28H27N3O/c29-15-7-6-11-24-25-17-23(32-19-20-8-2-1-3-9-20)13-14-27(25)31-28(24)22-16-21-10-4-5-12-26(21)30-18-22/h1-5,8-10,12-14,16-18,31H,6-7,11,15,19,29H2. The van der Waals surface area contributed by atoms with Crippen molar-refractivity contribution in [3.05, 3.63) is 96.2 Å². The largest absolute Gasteiger partial charge is 0.489 e. The van der Waals surface area contributed by atoms with Crippen molar-refractivity contribution in [2.75, 3.05) is 6.54 Å². The van der Waals surface area contributed by atoms with Gasteiger partial charge in [0.05, 0.1) is 11.2 Å². The van der Waals surface area contributed by atoms with Crippen molar-refractivity contribution in [2.45, 2.75) is 25.9 Å². The minimum absolute atomic E-state index is 0.556. The van der Waals surface area contributed by atoms with Crippen LogP contribution in [-0.4, -0.2) is 16.5 Å². The second kappa shape index (κ2) is 9.25. The molecule has 4 heteroatoms. The monoisotopic (exact) mass is 421 g/mol. The summed E-state index contributed by atoms with van der Waals surface area (Å²) in [6, 6.07) is 27.0. The molecule has 3 aromatic carbocycles. The van der Waals surface area contributed by atoms with Crippen LogP contribution < -0.4 is 10.5 Å². The Kier molecular flexibility index (Phi) is 5.86. The van der Waals surface area contributed by atoms with Gasteiger partial charge in [0.1, 0.15) is 12.4 Å². The highest BCUT2D eigenvalue weighted by Crippen LogP contribution is 2.34. The molecule has 5 aromatic rings. The number of aromatic nitrogens is 2. The van der Waals surface area contributed by atoms with E-state index in [9.17, 15) is 0 Å². The number of fused-ring (bicyclic) bond motifs is 2. The van der Waals surface area contributed by atoms with E-state index >= 15 is 0 Å². The average Bonchev–Trinajstić information content (AvgIpc) is 3.21. The van der Waals surface area contributed by atoms with E-state index in [1.165, 1.54) is 10.9 Å². The third-order valence-corrected chi connectivity index (χ3v) is 5.89. The normalized spacial score (nSPS) is 11.3. The number of H-pyrrole nitrogens is 1. The van der Waals surface area contributed by atoms with Crippen LogP contribution in [0, 0.1) is 0 Å². The highest BCUT2D eigenvalue weighted by atomic mass is 16.5. The fraction of sp³-hybridized carbons (Fsp3) is 0.179. The number of hydrogen-bond acceptors (Lipinski definition) is 3. The van der Waals surface area contributed by atoms with Gasteiger partial charge >= 0.3 is 0 Å². The molecule has 0 aliphatic carbocycles. The first kappa shape index (κ1) is 20.3. The van der Waals surface area contributed by atoms with E-state index in [1.54, 1.807) is 0 Å². The van der Waals surface area contributed by atoms with Crippen LogP contribution in [0.25, 0.3) is 33.1 Å². The topological polar surface area (TPSA) is 63.9 Å². The molecule has 0 spiro atoms. The number of unbranched alkanes of at least 4 members (excludes halogenated alkanes) is 1. The fourth-order valence-electron chi connectivity index (χ4n) is 4.22. The van der Waals surface area contributed by atoms with Crippen LogP contribution in [0.1, 0.15) is 24.0 Å². The zero-order valence-electron chi connectivity index (χ0n) is 18.1. The van der Waals surface area contributed by atoms with Gasteiger partial charge < -0.3 is 15.5 Å². The number of aryl methyl sites for hydroxylation is 1. The van der Waals surface area contributed by atoms with Crippen molar-refractivity contribution < 1.29 is 4.74 Å². The zero-order valence-corrected chi connectivity index (χ0v) is 18.1. The molecule has 3 N–H and O–H groups in total. The Labute approximate surface area is 188 Å². The number of hydrogen-bond donors (Lipinski definition) is 2. The molecular weight excluding hydrogens is 394 g/mol. The molecule has 0 atom stereocenters. The molecule has 0 amide bonds. The highest BCUT2D eigenvalue weighted by Gasteiger charge is 2.15. The molecule has 0 bridgehead atoms. The Hall–Kier alpha value is -3.63. The summed E-state index contributed by atoms with van der Waals surface area (Å²) in [5, 5.41) is 2.35. The van der Waals surface area contributed by atoms with Crippen LogP contribution in [0.2, 0.25) is 0 Å². The van der Waals surface area contributed by atoms with Crippen molar-refractivity contribution in [3.8, 4) is 17.0 Å². The van der Waals surface area contributed by atoms with Gasteiger partial charge in [0.15, 0.2) is 0 Å². The predicted molar refractivity (Wildman–Crippen MR) is 132 cm³/mol. The summed E-state index contributed by atoms with van der Waals surface area (Å²) in [6.07, 6.45) is 4.98. The Morgan fingerprint density at radius 3 is 2.59 bits per heavy atom. The van der Waals surface area contributed by atoms with Gasteiger partial charge in [-0.05, 0) is 67.3 Å². The first-order valence-corrected chi connectivity index (χ1v) is 11.2. The molecular formula is C28H27N3O. The zero-order chi connectivity index (χ0) is 21.8. The van der Waals surface area contributed by atoms with E-state index in [0.717, 1.165) is 58.3 Å². The van der Waals surface area contributed by atoms with E-state index in [1.807, 2.05) is 42.6 Å². The third-order valence-electron chi connectivity index (χ3n) is 5.89. The molecule has 0 saturated heterocycles. The number of nitrogens with two attached hydrogens (primary N) is 1. The predicted octanol–water partition coefficient (Wildman–Crippen LogP) is 6.24. The summed E-state index contributed by atoms with van der Waals surface area (Å²) >= 11 is 0. The lowest BCUT2D eigenvalue weighted by atomic mass is 10.00. The SMILES string of the molecule is NCCCCc1c(-c2cnc3ccccc3c2)[nH]c2ccc(OCc3ccccc3)cc12. The van der Waals surface area contributed by atoms with Crippen molar-refractivity contribution >= 4 is 21.8 Å². The molecule has 0 fully saturated rings. The second-order valence-corrected chi connectivity index (χ2v) is 8.12. The van der Waals surface area contributed by atoms with Crippen LogP contribution >= 0.6 is 0 Å². The number of nitrogens with zero attached hydrogens (tertiary/aromatic N) is 1. The number of nitrogens with one attached hydrogen (secondary N) is 1. The highest BCUT2D eigenvalue weighted by molar-refractivity contribution is 5.93. The first-order valence-electron chi connectivity index (χ1n) is 11.2. The summed E-state index contributed by atoms with van der Waals surface area (Å²) in [4.78, 5) is 8.33. The molecule has 2 heterocycles. The van der Waals surface area contributed by atoms with Crippen molar-refractivity contribution in [3.63, 3.8) is 0 Å². The number of ether oxygens (including phenoxy) is 1. The molecule has 0 radical (unpaired) electrons. The Bertz CT molecular complexity index is 1340. The number of aromatic amines is 1. The Morgan fingerprint density at radius 2 is 1.72 bits per heavy atom. The second-order valence-electron chi connectivity index (χ2n) is 8.12. The van der Waals surface area contributed by atoms with Gasteiger partial charge in [0.25, 0.3) is 0 Å². The van der Waals surface area contributed by atoms with Crippen molar-refractivity contribution in [2.24, 2.45) is 5.73 Å². The Morgan fingerprint density at radius 1 is 0.875 bits per heavy atom. The van der Waals surface area contributed by atoms with Crippen molar-refractivity contribution in [1.29, 1.82) is 0 Å². The van der Waals surface area contributed by atoms with Gasteiger partial charge in [-0.25, -0.2) is 0 Å². The fourth-order valence-corrected chi connectivity index (χ4v) is 4.22.